The molecule has 0 saturated carbocycles. The molecule has 40 heavy (non-hydrogen) atoms. The molecule has 2 aromatic rings. The molecule has 4 rings (SSSR count). The maximum atomic E-state index is 13.8. The van der Waals surface area contributed by atoms with Gasteiger partial charge in [0.05, 0.1) is 20.3 Å². The molecule has 10 heteroatoms. The van der Waals surface area contributed by atoms with Gasteiger partial charge < -0.3 is 24.4 Å². The second-order valence-corrected chi connectivity index (χ2v) is 10.2. The Labute approximate surface area is 233 Å². The van der Waals surface area contributed by atoms with Gasteiger partial charge in [0, 0.05) is 24.4 Å². The average molecular weight is 550 g/mol. The Kier molecular flexibility index (Phi) is 9.52. The lowest BCUT2D eigenvalue weighted by atomic mass is 10.1. The van der Waals surface area contributed by atoms with Gasteiger partial charge in [-0.15, -0.1) is 0 Å². The van der Waals surface area contributed by atoms with Crippen LogP contribution in [-0.2, 0) is 23.9 Å². The number of hydrogen-bond donors (Lipinski definition) is 1. The van der Waals surface area contributed by atoms with E-state index in [2.05, 4.69) is 10.3 Å². The molecule has 1 saturated heterocycles. The summed E-state index contributed by atoms with van der Waals surface area (Å²) in [5.74, 6) is -0.864. The molecule has 1 N–H and O–H groups in total. The van der Waals surface area contributed by atoms with Crippen molar-refractivity contribution in [3.8, 4) is 5.88 Å². The Morgan fingerprint density at radius 1 is 1.23 bits per heavy atom. The van der Waals surface area contributed by atoms with Crippen molar-refractivity contribution in [1.29, 1.82) is 0 Å². The zero-order chi connectivity index (χ0) is 28.6. The van der Waals surface area contributed by atoms with Crippen molar-refractivity contribution in [3.63, 3.8) is 0 Å². The molecule has 0 radical (unpaired) electrons. The largest absolute Gasteiger partial charge is 0.472 e. The quantitative estimate of drug-likeness (QED) is 0.439. The smallest absolute Gasteiger partial charge is 0.407 e. The summed E-state index contributed by atoms with van der Waals surface area (Å²) in [6.07, 6.45) is 7.36. The van der Waals surface area contributed by atoms with Crippen molar-refractivity contribution in [2.75, 3.05) is 20.3 Å². The first-order chi connectivity index (χ1) is 19.2. The van der Waals surface area contributed by atoms with Gasteiger partial charge in [-0.1, -0.05) is 29.9 Å². The Balaban J connectivity index is 1.66. The number of fused-ring (bicyclic) bond motifs is 3. The summed E-state index contributed by atoms with van der Waals surface area (Å²) in [6.45, 7) is 3.85. The zero-order valence-corrected chi connectivity index (χ0v) is 23.1. The van der Waals surface area contributed by atoms with Crippen molar-refractivity contribution in [1.82, 2.24) is 15.2 Å². The molecule has 0 spiro atoms. The van der Waals surface area contributed by atoms with Gasteiger partial charge >= 0.3 is 12.1 Å². The zero-order valence-electron chi connectivity index (χ0n) is 23.1. The number of allylic oxidation sites excluding steroid dienone is 3. The van der Waals surface area contributed by atoms with E-state index in [1.807, 2.05) is 36.4 Å². The maximum Gasteiger partial charge on any atom is 0.407 e. The number of cyclic esters (lactones) is 1. The second kappa shape index (κ2) is 13.2. The number of nitrogens with one attached hydrogen (secondary N) is 1. The minimum absolute atomic E-state index is 0.0333. The molecular weight excluding hydrogens is 514 g/mol. The molecule has 0 unspecified atom stereocenters. The van der Waals surface area contributed by atoms with E-state index in [0.717, 1.165) is 21.9 Å². The van der Waals surface area contributed by atoms with Crippen LogP contribution in [0.2, 0.25) is 0 Å². The number of hydrogen-bond acceptors (Lipinski definition) is 8. The van der Waals surface area contributed by atoms with E-state index in [4.69, 9.17) is 14.2 Å². The number of nitrogens with zero attached hydrogens (tertiary/aromatic N) is 2. The minimum atomic E-state index is -1.08. The number of esters is 1. The predicted octanol–water partition coefficient (Wildman–Crippen LogP) is 3.97. The number of ether oxygens (including phenoxy) is 3. The molecule has 4 bridgehead atoms. The predicted molar refractivity (Wildman–Crippen MR) is 149 cm³/mol. The lowest BCUT2D eigenvalue weighted by Gasteiger charge is -2.27. The molecular formula is C30H35N3O7. The van der Waals surface area contributed by atoms with E-state index < -0.39 is 36.2 Å². The van der Waals surface area contributed by atoms with Gasteiger partial charge in [0.2, 0.25) is 11.8 Å². The van der Waals surface area contributed by atoms with Crippen LogP contribution in [0.25, 0.3) is 16.8 Å². The molecule has 3 atom stereocenters. The van der Waals surface area contributed by atoms with Crippen LogP contribution < -0.4 is 10.1 Å². The molecule has 10 nitrogen and oxygen atoms in total. The van der Waals surface area contributed by atoms with E-state index in [-0.39, 0.29) is 38.2 Å². The van der Waals surface area contributed by atoms with Crippen LogP contribution >= 0.6 is 0 Å². The highest BCUT2D eigenvalue weighted by Gasteiger charge is 2.44. The van der Waals surface area contributed by atoms with Gasteiger partial charge in [0.25, 0.3) is 0 Å². The number of benzene rings is 1. The summed E-state index contributed by atoms with van der Waals surface area (Å²) in [5.41, 5.74) is 1.80. The van der Waals surface area contributed by atoms with Crippen LogP contribution in [0.5, 0.6) is 5.88 Å². The third-order valence-electron chi connectivity index (χ3n) is 6.83. The molecule has 2 amide bonds. The lowest BCUT2D eigenvalue weighted by Crippen LogP contribution is -2.52. The summed E-state index contributed by atoms with van der Waals surface area (Å²) in [7, 11) is 1.26. The number of carbonyl (C=O) groups is 4. The number of amides is 2. The Bertz CT molecular complexity index is 1330. The third kappa shape index (κ3) is 7.25. The van der Waals surface area contributed by atoms with E-state index in [9.17, 15) is 19.2 Å². The van der Waals surface area contributed by atoms with Gasteiger partial charge in [-0.3, -0.25) is 9.59 Å². The summed E-state index contributed by atoms with van der Waals surface area (Å²) in [4.78, 5) is 57.3. The minimum Gasteiger partial charge on any atom is -0.472 e. The summed E-state index contributed by atoms with van der Waals surface area (Å²) >= 11 is 0. The molecule has 2 aliphatic heterocycles. The average Bonchev–Trinajstić information content (AvgIpc) is 3.35. The van der Waals surface area contributed by atoms with Gasteiger partial charge in [-0.05, 0) is 62.3 Å². The fourth-order valence-corrected chi connectivity index (χ4v) is 4.91. The van der Waals surface area contributed by atoms with Crippen molar-refractivity contribution in [2.45, 2.75) is 64.1 Å². The molecule has 2 aliphatic rings. The van der Waals surface area contributed by atoms with Crippen LogP contribution in [0.3, 0.4) is 0 Å². The fraction of sp³-hybridized carbons (Fsp3) is 0.433. The summed E-state index contributed by atoms with van der Waals surface area (Å²) < 4.78 is 16.6. The van der Waals surface area contributed by atoms with Crippen molar-refractivity contribution in [3.05, 3.63) is 53.8 Å². The Morgan fingerprint density at radius 2 is 2.05 bits per heavy atom. The van der Waals surface area contributed by atoms with Crippen LogP contribution in [0.15, 0.2) is 48.2 Å². The maximum absolute atomic E-state index is 13.8. The van der Waals surface area contributed by atoms with Gasteiger partial charge in [-0.2, -0.15) is 0 Å². The molecule has 212 valence electrons. The second-order valence-electron chi connectivity index (χ2n) is 10.2. The van der Waals surface area contributed by atoms with Crippen molar-refractivity contribution < 1.29 is 33.4 Å². The topological polar surface area (TPSA) is 124 Å². The highest BCUT2D eigenvalue weighted by atomic mass is 16.5. The molecule has 3 heterocycles. The number of alkyl carbamates (subject to hydrolysis) is 1. The molecule has 0 aliphatic carbocycles. The van der Waals surface area contributed by atoms with Gasteiger partial charge in [0.1, 0.15) is 18.2 Å². The summed E-state index contributed by atoms with van der Waals surface area (Å²) in [5, 5.41) is 4.38. The lowest BCUT2D eigenvalue weighted by molar-refractivity contribution is -0.151. The Hall–Kier alpha value is -4.21. The summed E-state index contributed by atoms with van der Waals surface area (Å²) in [6, 6.07) is 5.85. The number of carbonyl (C=O) groups excluding carboxylic acids is 4. The molecule has 1 aromatic carbocycles. The standard InChI is InChI=1S/C30H35N3O7/c1-19(2)15-22(34)10-11-25-28(35)33-18-23(17-26(33)29(36)38-3)40-27-24-16-20(8-9-21(24)12-13-31-27)7-5-4-6-14-39-30(37)32-25/h5,7-9,12-13,15-16,23,25-26H,4,6,10-11,14,17-18H2,1-3H3,(H,32,37)/t23-,25+,26+/m1/s1. The highest BCUT2D eigenvalue weighted by molar-refractivity contribution is 5.93. The van der Waals surface area contributed by atoms with Gasteiger partial charge in [0.15, 0.2) is 5.78 Å². The number of aromatic nitrogens is 1. The first-order valence-corrected chi connectivity index (χ1v) is 13.5. The van der Waals surface area contributed by atoms with E-state index >= 15 is 0 Å². The normalized spacial score (nSPS) is 21.6. The molecule has 1 fully saturated rings. The Morgan fingerprint density at radius 3 is 2.83 bits per heavy atom. The van der Waals surface area contributed by atoms with Crippen LogP contribution in [0.1, 0.15) is 51.5 Å². The van der Waals surface area contributed by atoms with Crippen LogP contribution in [-0.4, -0.2) is 72.1 Å². The van der Waals surface area contributed by atoms with E-state index in [1.165, 1.54) is 18.1 Å². The number of methoxy groups -OCH3 is 1. The third-order valence-corrected chi connectivity index (χ3v) is 6.83. The van der Waals surface area contributed by atoms with Crippen LogP contribution in [0, 0.1) is 0 Å². The van der Waals surface area contributed by atoms with Crippen molar-refractivity contribution >= 4 is 40.6 Å². The van der Waals surface area contributed by atoms with Gasteiger partial charge in [-0.25, -0.2) is 14.6 Å². The van der Waals surface area contributed by atoms with E-state index in [0.29, 0.717) is 18.7 Å². The number of pyridine rings is 1. The fourth-order valence-electron chi connectivity index (χ4n) is 4.91. The van der Waals surface area contributed by atoms with E-state index in [1.54, 1.807) is 20.0 Å². The van der Waals surface area contributed by atoms with Crippen molar-refractivity contribution in [2.24, 2.45) is 0 Å². The first kappa shape index (κ1) is 28.8. The highest BCUT2D eigenvalue weighted by Crippen LogP contribution is 2.30. The number of rotatable bonds is 5. The SMILES string of the molecule is COC(=O)[C@@H]1C[C@@H]2CN1C(=O)[C@H](CCC(=O)C=C(C)C)NC(=O)OCCCC=Cc1ccc3ccnc(c3c1)O2. The number of ketones is 1. The monoisotopic (exact) mass is 549 g/mol. The van der Waals surface area contributed by atoms with Crippen LogP contribution in [0.4, 0.5) is 4.79 Å². The first-order valence-electron chi connectivity index (χ1n) is 13.5. The molecule has 1 aromatic heterocycles.